The second-order valence-electron chi connectivity index (χ2n) is 7.38. The smallest absolute Gasteiger partial charge is 0.255 e. The molecule has 7 heteroatoms. The van der Waals surface area contributed by atoms with E-state index in [-0.39, 0.29) is 11.9 Å². The zero-order valence-corrected chi connectivity index (χ0v) is 17.1. The van der Waals surface area contributed by atoms with Crippen molar-refractivity contribution in [3.8, 4) is 11.1 Å². The van der Waals surface area contributed by atoms with Crippen molar-refractivity contribution >= 4 is 34.4 Å². The molecule has 0 aliphatic heterocycles. The summed E-state index contributed by atoms with van der Waals surface area (Å²) in [5, 5.41) is 3.74. The predicted molar refractivity (Wildman–Crippen MR) is 122 cm³/mol. The number of carbonyl (C=O) groups is 2. The molecule has 0 spiro atoms. The van der Waals surface area contributed by atoms with Gasteiger partial charge in [0.2, 0.25) is 11.9 Å². The minimum absolute atomic E-state index is 0.228. The molecular formula is C24H21N5O2. The zero-order valence-electron chi connectivity index (χ0n) is 17.1. The minimum atomic E-state index is -0.546. The standard InChI is InChI=1S/C24H21N5O2/c1-13-3-6-17(23(31)28-21-11-16(22(25)30)5-4-14(21)2)10-19(13)15-7-8-20-18(9-15)12-27-24(26)29-20/h3-12H,1-2H3,(H2,25,30)(H,28,31)(H2,26,27,29). The number of nitrogens with zero attached hydrogens (tertiary/aromatic N) is 2. The molecule has 4 aromatic rings. The number of rotatable bonds is 4. The number of nitrogen functional groups attached to an aromatic ring is 1. The molecule has 0 saturated heterocycles. The summed E-state index contributed by atoms with van der Waals surface area (Å²) in [6.07, 6.45) is 1.68. The average molecular weight is 411 g/mol. The first-order chi connectivity index (χ1) is 14.8. The lowest BCUT2D eigenvalue weighted by atomic mass is 9.96. The lowest BCUT2D eigenvalue weighted by Gasteiger charge is -2.12. The first kappa shape index (κ1) is 20.0. The molecule has 0 aliphatic carbocycles. The maximum atomic E-state index is 12.9. The molecule has 0 aliphatic rings. The van der Waals surface area contributed by atoms with E-state index in [1.165, 1.54) is 0 Å². The predicted octanol–water partition coefficient (Wildman–Crippen LogP) is 3.85. The highest BCUT2D eigenvalue weighted by atomic mass is 16.2. The van der Waals surface area contributed by atoms with Gasteiger partial charge in [0.1, 0.15) is 0 Å². The maximum absolute atomic E-state index is 12.9. The van der Waals surface area contributed by atoms with Crippen molar-refractivity contribution in [3.63, 3.8) is 0 Å². The number of primary amides is 1. The highest BCUT2D eigenvalue weighted by Crippen LogP contribution is 2.28. The summed E-state index contributed by atoms with van der Waals surface area (Å²) in [5.74, 6) is -0.594. The van der Waals surface area contributed by atoms with Crippen molar-refractivity contribution < 1.29 is 9.59 Å². The quantitative estimate of drug-likeness (QED) is 0.470. The van der Waals surface area contributed by atoms with E-state index in [2.05, 4.69) is 15.3 Å². The second kappa shape index (κ2) is 7.87. The van der Waals surface area contributed by atoms with Crippen LogP contribution in [0.3, 0.4) is 0 Å². The molecule has 31 heavy (non-hydrogen) atoms. The fraction of sp³-hybridized carbons (Fsp3) is 0.0833. The molecule has 0 unspecified atom stereocenters. The fourth-order valence-electron chi connectivity index (χ4n) is 3.39. The van der Waals surface area contributed by atoms with E-state index in [4.69, 9.17) is 11.5 Å². The number of fused-ring (bicyclic) bond motifs is 1. The Kier molecular flexibility index (Phi) is 5.09. The normalized spacial score (nSPS) is 10.8. The number of amides is 2. The third kappa shape index (κ3) is 4.06. The van der Waals surface area contributed by atoms with Crippen LogP contribution < -0.4 is 16.8 Å². The van der Waals surface area contributed by atoms with Crippen LogP contribution in [0, 0.1) is 13.8 Å². The number of hydrogen-bond acceptors (Lipinski definition) is 5. The summed E-state index contributed by atoms with van der Waals surface area (Å²) in [7, 11) is 0. The molecule has 0 saturated carbocycles. The van der Waals surface area contributed by atoms with Crippen LogP contribution in [0.15, 0.2) is 60.8 Å². The van der Waals surface area contributed by atoms with E-state index in [1.54, 1.807) is 30.5 Å². The zero-order chi connectivity index (χ0) is 22.1. The second-order valence-corrected chi connectivity index (χ2v) is 7.38. The Bertz CT molecular complexity index is 1350. The van der Waals surface area contributed by atoms with Gasteiger partial charge in [0.05, 0.1) is 5.52 Å². The van der Waals surface area contributed by atoms with Crippen LogP contribution in [0.5, 0.6) is 0 Å². The maximum Gasteiger partial charge on any atom is 0.255 e. The van der Waals surface area contributed by atoms with Gasteiger partial charge in [0.25, 0.3) is 5.91 Å². The summed E-state index contributed by atoms with van der Waals surface area (Å²) in [6, 6.07) is 16.3. The van der Waals surface area contributed by atoms with Gasteiger partial charge in [-0.05, 0) is 72.5 Å². The molecule has 1 aromatic heterocycles. The number of aromatic nitrogens is 2. The van der Waals surface area contributed by atoms with Crippen LogP contribution in [0.25, 0.3) is 22.0 Å². The Balaban J connectivity index is 1.68. The molecule has 0 fully saturated rings. The van der Waals surface area contributed by atoms with E-state index in [9.17, 15) is 9.59 Å². The van der Waals surface area contributed by atoms with E-state index in [0.29, 0.717) is 16.8 Å². The molecule has 3 aromatic carbocycles. The first-order valence-electron chi connectivity index (χ1n) is 9.67. The Morgan fingerprint density at radius 1 is 0.903 bits per heavy atom. The number of hydrogen-bond donors (Lipinski definition) is 3. The molecule has 5 N–H and O–H groups in total. The highest BCUT2D eigenvalue weighted by molar-refractivity contribution is 6.06. The molecule has 0 radical (unpaired) electrons. The lowest BCUT2D eigenvalue weighted by molar-refractivity contribution is 0.0996. The van der Waals surface area contributed by atoms with Crippen LogP contribution in [-0.4, -0.2) is 21.8 Å². The number of nitrogens with two attached hydrogens (primary N) is 2. The van der Waals surface area contributed by atoms with Crippen molar-refractivity contribution in [2.75, 3.05) is 11.1 Å². The molecule has 4 rings (SSSR count). The minimum Gasteiger partial charge on any atom is -0.368 e. The largest absolute Gasteiger partial charge is 0.368 e. The molecule has 0 bridgehead atoms. The summed E-state index contributed by atoms with van der Waals surface area (Å²) in [6.45, 7) is 3.84. The van der Waals surface area contributed by atoms with E-state index in [1.807, 2.05) is 44.2 Å². The average Bonchev–Trinajstić information content (AvgIpc) is 2.75. The molecular weight excluding hydrogens is 390 g/mol. The van der Waals surface area contributed by atoms with Gasteiger partial charge in [-0.15, -0.1) is 0 Å². The first-order valence-corrected chi connectivity index (χ1v) is 9.67. The van der Waals surface area contributed by atoms with Gasteiger partial charge in [-0.1, -0.05) is 18.2 Å². The van der Waals surface area contributed by atoms with Gasteiger partial charge >= 0.3 is 0 Å². The van der Waals surface area contributed by atoms with Crippen LogP contribution in [-0.2, 0) is 0 Å². The molecule has 7 nitrogen and oxygen atoms in total. The highest BCUT2D eigenvalue weighted by Gasteiger charge is 2.13. The number of carbonyl (C=O) groups excluding carboxylic acids is 2. The van der Waals surface area contributed by atoms with Crippen LogP contribution >= 0.6 is 0 Å². The fourth-order valence-corrected chi connectivity index (χ4v) is 3.39. The summed E-state index contributed by atoms with van der Waals surface area (Å²) in [4.78, 5) is 32.7. The van der Waals surface area contributed by atoms with Crippen LogP contribution in [0.2, 0.25) is 0 Å². The lowest BCUT2D eigenvalue weighted by Crippen LogP contribution is -2.15. The Morgan fingerprint density at radius 3 is 2.42 bits per heavy atom. The van der Waals surface area contributed by atoms with Crippen LogP contribution in [0.4, 0.5) is 11.6 Å². The molecule has 1 heterocycles. The van der Waals surface area contributed by atoms with Gasteiger partial charge < -0.3 is 16.8 Å². The van der Waals surface area contributed by atoms with Crippen molar-refractivity contribution in [3.05, 3.63) is 83.0 Å². The van der Waals surface area contributed by atoms with E-state index < -0.39 is 5.91 Å². The summed E-state index contributed by atoms with van der Waals surface area (Å²) >= 11 is 0. The van der Waals surface area contributed by atoms with Gasteiger partial charge in [0.15, 0.2) is 0 Å². The summed E-state index contributed by atoms with van der Waals surface area (Å²) in [5.41, 5.74) is 16.9. The van der Waals surface area contributed by atoms with Crippen molar-refractivity contribution in [2.24, 2.45) is 5.73 Å². The van der Waals surface area contributed by atoms with E-state index in [0.717, 1.165) is 33.2 Å². The number of nitrogens with one attached hydrogen (secondary N) is 1. The van der Waals surface area contributed by atoms with Gasteiger partial charge in [-0.25, -0.2) is 9.97 Å². The summed E-state index contributed by atoms with van der Waals surface area (Å²) < 4.78 is 0. The molecule has 2 amide bonds. The third-order valence-corrected chi connectivity index (χ3v) is 5.18. The van der Waals surface area contributed by atoms with Crippen molar-refractivity contribution in [1.82, 2.24) is 9.97 Å². The topological polar surface area (TPSA) is 124 Å². The molecule has 154 valence electrons. The van der Waals surface area contributed by atoms with Crippen molar-refractivity contribution in [1.29, 1.82) is 0 Å². The SMILES string of the molecule is Cc1ccc(C(N)=O)cc1NC(=O)c1ccc(C)c(-c2ccc3nc(N)ncc3c2)c1. The third-order valence-electron chi connectivity index (χ3n) is 5.18. The number of benzene rings is 3. The Hall–Kier alpha value is -4.26. The number of anilines is 2. The molecule has 0 atom stereocenters. The monoisotopic (exact) mass is 411 g/mol. The van der Waals surface area contributed by atoms with Crippen LogP contribution in [0.1, 0.15) is 31.8 Å². The van der Waals surface area contributed by atoms with E-state index >= 15 is 0 Å². The number of aryl methyl sites for hydroxylation is 2. The Morgan fingerprint density at radius 2 is 1.65 bits per heavy atom. The van der Waals surface area contributed by atoms with Gasteiger partial charge in [-0.3, -0.25) is 9.59 Å². The Labute approximate surface area is 179 Å². The van der Waals surface area contributed by atoms with Gasteiger partial charge in [-0.2, -0.15) is 0 Å². The van der Waals surface area contributed by atoms with Gasteiger partial charge in [0, 0.05) is 28.4 Å². The van der Waals surface area contributed by atoms with Crippen molar-refractivity contribution in [2.45, 2.75) is 13.8 Å².